The van der Waals surface area contributed by atoms with Gasteiger partial charge in [0, 0.05) is 7.05 Å². The Morgan fingerprint density at radius 2 is 2.24 bits per heavy atom. The van der Waals surface area contributed by atoms with Gasteiger partial charge < -0.3 is 5.32 Å². The van der Waals surface area contributed by atoms with Gasteiger partial charge in [0.15, 0.2) is 0 Å². The number of nitrogens with one attached hydrogen (secondary N) is 1. The Morgan fingerprint density at radius 1 is 1.47 bits per heavy atom. The van der Waals surface area contributed by atoms with Crippen LogP contribution in [0.15, 0.2) is 6.20 Å². The second-order valence-corrected chi connectivity index (χ2v) is 5.19. The number of thiazole rings is 1. The molecular weight excluding hydrogens is 234 g/mol. The number of nitrogens with zero attached hydrogens (tertiary/aromatic N) is 4. The second-order valence-electron chi connectivity index (χ2n) is 3.96. The quantitative estimate of drug-likeness (QED) is 0.896. The Kier molecular flexibility index (Phi) is 3.54. The smallest absolute Gasteiger partial charge is 0.0900 e. The lowest BCUT2D eigenvalue weighted by Gasteiger charge is -2.16. The zero-order chi connectivity index (χ0) is 12.4. The third kappa shape index (κ3) is 2.37. The van der Waals surface area contributed by atoms with Crippen molar-refractivity contribution >= 4 is 11.3 Å². The Bertz CT molecular complexity index is 502. The molecule has 0 radical (unpaired) electrons. The van der Waals surface area contributed by atoms with E-state index in [0.29, 0.717) is 0 Å². The van der Waals surface area contributed by atoms with Crippen molar-refractivity contribution in [2.75, 3.05) is 6.54 Å². The first-order chi connectivity index (χ1) is 8.13. The maximum Gasteiger partial charge on any atom is 0.0900 e. The van der Waals surface area contributed by atoms with Gasteiger partial charge in [0.2, 0.25) is 0 Å². The third-order valence-corrected chi connectivity index (χ3v) is 3.79. The molecule has 0 saturated carbocycles. The van der Waals surface area contributed by atoms with Gasteiger partial charge in [-0.3, -0.25) is 4.68 Å². The van der Waals surface area contributed by atoms with Crippen molar-refractivity contribution in [3.63, 3.8) is 0 Å². The molecule has 0 spiro atoms. The molecular formula is C11H17N5S. The average Bonchev–Trinajstić information content (AvgIpc) is 2.82. The van der Waals surface area contributed by atoms with Crippen LogP contribution < -0.4 is 5.32 Å². The number of hydrogen-bond donors (Lipinski definition) is 1. The second kappa shape index (κ2) is 4.93. The van der Waals surface area contributed by atoms with Crippen LogP contribution in [0, 0.1) is 13.8 Å². The first-order valence-electron chi connectivity index (χ1n) is 5.65. The van der Waals surface area contributed by atoms with E-state index >= 15 is 0 Å². The van der Waals surface area contributed by atoms with Crippen LogP contribution in [0.4, 0.5) is 0 Å². The predicted molar refractivity (Wildman–Crippen MR) is 68.1 cm³/mol. The maximum atomic E-state index is 4.48. The Balaban J connectivity index is 2.42. The number of rotatable bonds is 4. The molecule has 2 aromatic rings. The third-order valence-electron chi connectivity index (χ3n) is 2.66. The summed E-state index contributed by atoms with van der Waals surface area (Å²) in [6, 6.07) is 0.131. The standard InChI is InChI=1S/C11H17N5S/c1-5-12-10(9-6-13-15-16(9)4)11-7(2)14-8(3)17-11/h6,10,12H,5H2,1-4H3. The van der Waals surface area contributed by atoms with E-state index < -0.39 is 0 Å². The van der Waals surface area contributed by atoms with E-state index in [2.05, 4.69) is 27.5 Å². The highest BCUT2D eigenvalue weighted by Crippen LogP contribution is 2.29. The van der Waals surface area contributed by atoms with Gasteiger partial charge in [-0.2, -0.15) is 0 Å². The summed E-state index contributed by atoms with van der Waals surface area (Å²) in [4.78, 5) is 5.73. The van der Waals surface area contributed by atoms with E-state index in [9.17, 15) is 0 Å². The first-order valence-corrected chi connectivity index (χ1v) is 6.47. The van der Waals surface area contributed by atoms with Gasteiger partial charge in [-0.25, -0.2) is 4.98 Å². The lowest BCUT2D eigenvalue weighted by molar-refractivity contribution is 0.572. The van der Waals surface area contributed by atoms with Crippen molar-refractivity contribution in [1.82, 2.24) is 25.3 Å². The molecule has 0 saturated heterocycles. The van der Waals surface area contributed by atoms with Gasteiger partial charge >= 0.3 is 0 Å². The fourth-order valence-electron chi connectivity index (χ4n) is 1.91. The Labute approximate surface area is 105 Å². The van der Waals surface area contributed by atoms with Crippen LogP contribution >= 0.6 is 11.3 Å². The Hall–Kier alpha value is -1.27. The van der Waals surface area contributed by atoms with Crippen LogP contribution in [-0.2, 0) is 7.05 Å². The summed E-state index contributed by atoms with van der Waals surface area (Å²) in [5.41, 5.74) is 2.15. The normalized spacial score (nSPS) is 12.9. The molecule has 5 nitrogen and oxygen atoms in total. The van der Waals surface area contributed by atoms with E-state index in [1.807, 2.05) is 31.8 Å². The minimum Gasteiger partial charge on any atom is -0.304 e. The molecule has 1 unspecified atom stereocenters. The highest BCUT2D eigenvalue weighted by Gasteiger charge is 2.21. The summed E-state index contributed by atoms with van der Waals surface area (Å²) in [5, 5.41) is 12.5. The van der Waals surface area contributed by atoms with E-state index in [-0.39, 0.29) is 6.04 Å². The summed E-state index contributed by atoms with van der Waals surface area (Å²) >= 11 is 1.73. The molecule has 0 amide bonds. The van der Waals surface area contributed by atoms with Crippen molar-refractivity contribution in [1.29, 1.82) is 0 Å². The number of aryl methyl sites for hydroxylation is 3. The Morgan fingerprint density at radius 3 is 2.71 bits per heavy atom. The summed E-state index contributed by atoms with van der Waals surface area (Å²) in [7, 11) is 1.91. The molecule has 1 atom stereocenters. The summed E-state index contributed by atoms with van der Waals surface area (Å²) in [5.74, 6) is 0. The molecule has 2 heterocycles. The molecule has 6 heteroatoms. The summed E-state index contributed by atoms with van der Waals surface area (Å²) < 4.78 is 1.81. The SMILES string of the molecule is CCNC(c1sc(C)nc1C)c1cnnn1C. The molecule has 0 aliphatic heterocycles. The minimum atomic E-state index is 0.131. The molecule has 17 heavy (non-hydrogen) atoms. The zero-order valence-corrected chi connectivity index (χ0v) is 11.4. The van der Waals surface area contributed by atoms with Crippen molar-refractivity contribution in [2.45, 2.75) is 26.8 Å². The molecule has 2 aromatic heterocycles. The van der Waals surface area contributed by atoms with E-state index in [1.165, 1.54) is 4.88 Å². The molecule has 0 aliphatic rings. The molecule has 1 N–H and O–H groups in total. The van der Waals surface area contributed by atoms with Crippen LogP contribution in [0.3, 0.4) is 0 Å². The van der Waals surface area contributed by atoms with Crippen LogP contribution in [0.2, 0.25) is 0 Å². The first kappa shape index (κ1) is 12.2. The molecule has 92 valence electrons. The lowest BCUT2D eigenvalue weighted by atomic mass is 10.1. The number of hydrogen-bond acceptors (Lipinski definition) is 5. The lowest BCUT2D eigenvalue weighted by Crippen LogP contribution is -2.24. The molecule has 0 aromatic carbocycles. The summed E-state index contributed by atoms with van der Waals surface area (Å²) in [6.45, 7) is 7.07. The predicted octanol–water partition coefficient (Wildman–Crippen LogP) is 1.59. The van der Waals surface area contributed by atoms with Gasteiger partial charge in [0.05, 0.1) is 33.5 Å². The zero-order valence-electron chi connectivity index (χ0n) is 10.6. The van der Waals surface area contributed by atoms with Gasteiger partial charge in [-0.05, 0) is 20.4 Å². The van der Waals surface area contributed by atoms with Crippen molar-refractivity contribution in [3.8, 4) is 0 Å². The monoisotopic (exact) mass is 251 g/mol. The van der Waals surface area contributed by atoms with Crippen LogP contribution in [0.5, 0.6) is 0 Å². The van der Waals surface area contributed by atoms with Crippen LogP contribution in [-0.4, -0.2) is 26.5 Å². The van der Waals surface area contributed by atoms with Gasteiger partial charge in [0.1, 0.15) is 0 Å². The van der Waals surface area contributed by atoms with E-state index in [1.54, 1.807) is 11.3 Å². The van der Waals surface area contributed by atoms with Crippen molar-refractivity contribution in [3.05, 3.63) is 27.5 Å². The van der Waals surface area contributed by atoms with Gasteiger partial charge in [-0.15, -0.1) is 16.4 Å². The largest absolute Gasteiger partial charge is 0.304 e. The topological polar surface area (TPSA) is 55.6 Å². The fraction of sp³-hybridized carbons (Fsp3) is 0.545. The molecule has 0 fully saturated rings. The highest BCUT2D eigenvalue weighted by molar-refractivity contribution is 7.11. The highest BCUT2D eigenvalue weighted by atomic mass is 32.1. The minimum absolute atomic E-state index is 0.131. The fourth-order valence-corrected chi connectivity index (χ4v) is 2.93. The average molecular weight is 251 g/mol. The van der Waals surface area contributed by atoms with E-state index in [0.717, 1.165) is 22.9 Å². The van der Waals surface area contributed by atoms with Crippen molar-refractivity contribution in [2.24, 2.45) is 7.05 Å². The van der Waals surface area contributed by atoms with Gasteiger partial charge in [-0.1, -0.05) is 12.1 Å². The number of aromatic nitrogens is 4. The van der Waals surface area contributed by atoms with Gasteiger partial charge in [0.25, 0.3) is 0 Å². The molecule has 2 rings (SSSR count). The summed E-state index contributed by atoms with van der Waals surface area (Å²) in [6.07, 6.45) is 1.81. The van der Waals surface area contributed by atoms with Crippen molar-refractivity contribution < 1.29 is 0 Å². The van der Waals surface area contributed by atoms with E-state index in [4.69, 9.17) is 0 Å². The van der Waals surface area contributed by atoms with Crippen LogP contribution in [0.25, 0.3) is 0 Å². The molecule has 0 aliphatic carbocycles. The maximum absolute atomic E-state index is 4.48. The van der Waals surface area contributed by atoms with Crippen LogP contribution in [0.1, 0.15) is 34.2 Å². The molecule has 0 bridgehead atoms.